The highest BCUT2D eigenvalue weighted by atomic mass is 32.2. The minimum Gasteiger partial charge on any atom is -0.382 e. The van der Waals surface area contributed by atoms with Gasteiger partial charge in [-0.2, -0.15) is 4.37 Å². The number of unbranched alkanes of at least 4 members (excludes halogenated alkanes) is 3. The lowest BCUT2D eigenvalue weighted by molar-refractivity contribution is 0.523. The molecule has 0 saturated heterocycles. The molecular formula is C14H27N3O2S2. The molecule has 0 fully saturated rings. The molecule has 0 spiro atoms. The Kier molecular flexibility index (Phi) is 7.45. The zero-order chi connectivity index (χ0) is 15.9. The molecule has 7 heteroatoms. The smallest absolute Gasteiger partial charge is 0.184 e. The van der Waals surface area contributed by atoms with Crippen molar-refractivity contribution in [2.45, 2.75) is 57.8 Å². The lowest BCUT2D eigenvalue weighted by atomic mass is 10.0. The third kappa shape index (κ3) is 5.82. The van der Waals surface area contributed by atoms with Gasteiger partial charge in [0.05, 0.1) is 5.75 Å². The first-order valence-electron chi connectivity index (χ1n) is 7.60. The van der Waals surface area contributed by atoms with Crippen LogP contribution in [-0.4, -0.2) is 25.1 Å². The van der Waals surface area contributed by atoms with E-state index in [1.807, 2.05) is 0 Å². The monoisotopic (exact) mass is 333 g/mol. The van der Waals surface area contributed by atoms with Crippen molar-refractivity contribution in [3.05, 3.63) is 0 Å². The summed E-state index contributed by atoms with van der Waals surface area (Å²) in [6.45, 7) is 6.86. The second kappa shape index (κ2) is 8.58. The Morgan fingerprint density at radius 1 is 1.24 bits per heavy atom. The molecule has 5 nitrogen and oxygen atoms in total. The fourth-order valence-corrected chi connectivity index (χ4v) is 4.28. The van der Waals surface area contributed by atoms with Crippen LogP contribution < -0.4 is 11.1 Å². The van der Waals surface area contributed by atoms with Crippen molar-refractivity contribution in [3.63, 3.8) is 0 Å². The standard InChI is InChI=1S/C14H27N3O2S2/c1-4-21(18,19)12-13(15)17-20-14(12)16-10-8-6-5-7-9-11(2)3/h11,16H,4-10H2,1-3H3,(H2,15,17). The summed E-state index contributed by atoms with van der Waals surface area (Å²) in [5.74, 6) is 0.922. The van der Waals surface area contributed by atoms with Crippen LogP contribution in [-0.2, 0) is 9.84 Å². The third-order valence-electron chi connectivity index (χ3n) is 3.36. The molecule has 1 aromatic rings. The molecule has 0 saturated carbocycles. The first-order valence-corrected chi connectivity index (χ1v) is 10.0. The van der Waals surface area contributed by atoms with Crippen LogP contribution in [0.25, 0.3) is 0 Å². The van der Waals surface area contributed by atoms with Gasteiger partial charge in [0.1, 0.15) is 9.90 Å². The van der Waals surface area contributed by atoms with Gasteiger partial charge in [0, 0.05) is 6.54 Å². The number of sulfone groups is 1. The van der Waals surface area contributed by atoms with Crippen LogP contribution in [0.3, 0.4) is 0 Å². The van der Waals surface area contributed by atoms with E-state index in [0.717, 1.165) is 36.8 Å². The van der Waals surface area contributed by atoms with Crippen LogP contribution in [0.5, 0.6) is 0 Å². The molecule has 21 heavy (non-hydrogen) atoms. The summed E-state index contributed by atoms with van der Waals surface area (Å²) in [6, 6.07) is 0. The van der Waals surface area contributed by atoms with Crippen molar-refractivity contribution in [1.29, 1.82) is 0 Å². The van der Waals surface area contributed by atoms with Gasteiger partial charge < -0.3 is 11.1 Å². The van der Waals surface area contributed by atoms with Crippen molar-refractivity contribution in [2.75, 3.05) is 23.3 Å². The maximum Gasteiger partial charge on any atom is 0.184 e. The zero-order valence-corrected chi connectivity index (χ0v) is 14.8. The molecular weight excluding hydrogens is 306 g/mol. The fourth-order valence-electron chi connectivity index (χ4n) is 2.08. The van der Waals surface area contributed by atoms with Crippen molar-refractivity contribution < 1.29 is 8.42 Å². The van der Waals surface area contributed by atoms with E-state index in [0.29, 0.717) is 5.00 Å². The molecule has 0 atom stereocenters. The Labute approximate surface area is 132 Å². The van der Waals surface area contributed by atoms with Crippen LogP contribution in [0.1, 0.15) is 52.9 Å². The first kappa shape index (κ1) is 18.2. The van der Waals surface area contributed by atoms with Gasteiger partial charge in [0.15, 0.2) is 15.7 Å². The van der Waals surface area contributed by atoms with Gasteiger partial charge in [-0.05, 0) is 23.9 Å². The summed E-state index contributed by atoms with van der Waals surface area (Å²) in [4.78, 5) is 0.176. The topological polar surface area (TPSA) is 85.1 Å². The predicted molar refractivity (Wildman–Crippen MR) is 90.7 cm³/mol. The largest absolute Gasteiger partial charge is 0.382 e. The minimum absolute atomic E-state index is 0.0412. The second-order valence-electron chi connectivity index (χ2n) is 5.65. The lowest BCUT2D eigenvalue weighted by Gasteiger charge is -2.07. The van der Waals surface area contributed by atoms with Crippen LogP contribution in [0, 0.1) is 5.92 Å². The van der Waals surface area contributed by atoms with Crippen molar-refractivity contribution in [3.8, 4) is 0 Å². The van der Waals surface area contributed by atoms with Crippen LogP contribution in [0.4, 0.5) is 10.8 Å². The normalized spacial score (nSPS) is 12.0. The van der Waals surface area contributed by atoms with Gasteiger partial charge in [-0.1, -0.05) is 46.5 Å². The van der Waals surface area contributed by atoms with Crippen molar-refractivity contribution in [1.82, 2.24) is 4.37 Å². The molecule has 0 aliphatic rings. The molecule has 0 bridgehead atoms. The summed E-state index contributed by atoms with van der Waals surface area (Å²) < 4.78 is 27.9. The SMILES string of the molecule is CCS(=O)(=O)c1c(N)nsc1NCCCCCCC(C)C. The van der Waals surface area contributed by atoms with Crippen LogP contribution in [0.2, 0.25) is 0 Å². The third-order valence-corrected chi connectivity index (χ3v) is 6.10. The van der Waals surface area contributed by atoms with E-state index in [4.69, 9.17) is 5.73 Å². The van der Waals surface area contributed by atoms with E-state index in [2.05, 4.69) is 23.5 Å². The van der Waals surface area contributed by atoms with E-state index in [-0.39, 0.29) is 16.5 Å². The van der Waals surface area contributed by atoms with E-state index in [1.54, 1.807) is 6.92 Å². The Balaban J connectivity index is 2.40. The number of nitrogens with two attached hydrogens (primary N) is 1. The Morgan fingerprint density at radius 3 is 2.52 bits per heavy atom. The summed E-state index contributed by atoms with van der Waals surface area (Å²) in [7, 11) is -3.32. The van der Waals surface area contributed by atoms with E-state index in [1.165, 1.54) is 19.3 Å². The quantitative estimate of drug-likeness (QED) is 0.640. The lowest BCUT2D eigenvalue weighted by Crippen LogP contribution is -2.10. The highest BCUT2D eigenvalue weighted by Crippen LogP contribution is 2.32. The number of rotatable bonds is 10. The number of hydrogen-bond donors (Lipinski definition) is 2. The predicted octanol–water partition coefficient (Wildman–Crippen LogP) is 3.54. The molecule has 0 radical (unpaired) electrons. The molecule has 0 aliphatic heterocycles. The van der Waals surface area contributed by atoms with Gasteiger partial charge in [0.25, 0.3) is 0 Å². The number of anilines is 2. The number of nitrogen functional groups attached to an aromatic ring is 1. The van der Waals surface area contributed by atoms with Gasteiger partial charge in [-0.15, -0.1) is 0 Å². The van der Waals surface area contributed by atoms with Gasteiger partial charge in [0.2, 0.25) is 0 Å². The maximum atomic E-state index is 12.0. The number of nitrogens with zero attached hydrogens (tertiary/aromatic N) is 1. The fraction of sp³-hybridized carbons (Fsp3) is 0.786. The molecule has 0 amide bonds. The zero-order valence-electron chi connectivity index (χ0n) is 13.2. The van der Waals surface area contributed by atoms with E-state index in [9.17, 15) is 8.42 Å². The molecule has 0 aromatic carbocycles. The average molecular weight is 334 g/mol. The van der Waals surface area contributed by atoms with Gasteiger partial charge >= 0.3 is 0 Å². The summed E-state index contributed by atoms with van der Waals surface area (Å²) in [5.41, 5.74) is 5.68. The molecule has 1 heterocycles. The summed E-state index contributed by atoms with van der Waals surface area (Å²) >= 11 is 1.13. The maximum absolute atomic E-state index is 12.0. The minimum atomic E-state index is -3.32. The highest BCUT2D eigenvalue weighted by molar-refractivity contribution is 7.91. The number of hydrogen-bond acceptors (Lipinski definition) is 6. The molecule has 0 unspecified atom stereocenters. The number of aromatic nitrogens is 1. The molecule has 1 aromatic heterocycles. The number of nitrogens with one attached hydrogen (secondary N) is 1. The highest BCUT2D eigenvalue weighted by Gasteiger charge is 2.23. The molecule has 122 valence electrons. The summed E-state index contributed by atoms with van der Waals surface area (Å²) in [6.07, 6.45) is 5.95. The van der Waals surface area contributed by atoms with Crippen LogP contribution in [0.15, 0.2) is 4.90 Å². The average Bonchev–Trinajstić information content (AvgIpc) is 2.79. The Morgan fingerprint density at radius 2 is 1.90 bits per heavy atom. The van der Waals surface area contributed by atoms with Crippen LogP contribution >= 0.6 is 11.5 Å². The molecule has 1 rings (SSSR count). The van der Waals surface area contributed by atoms with E-state index < -0.39 is 9.84 Å². The molecule has 3 N–H and O–H groups in total. The summed E-state index contributed by atoms with van der Waals surface area (Å²) in [5, 5.41) is 3.75. The van der Waals surface area contributed by atoms with Gasteiger partial charge in [-0.3, -0.25) is 0 Å². The first-order chi connectivity index (χ1) is 9.88. The van der Waals surface area contributed by atoms with Crippen molar-refractivity contribution >= 4 is 32.2 Å². The molecule has 0 aliphatic carbocycles. The van der Waals surface area contributed by atoms with Gasteiger partial charge in [-0.25, -0.2) is 8.42 Å². The second-order valence-corrected chi connectivity index (χ2v) is 8.64. The Bertz CT molecular complexity index is 524. The van der Waals surface area contributed by atoms with E-state index >= 15 is 0 Å². The Hall–Kier alpha value is -0.820. The van der Waals surface area contributed by atoms with Crippen molar-refractivity contribution in [2.24, 2.45) is 5.92 Å².